The lowest BCUT2D eigenvalue weighted by molar-refractivity contribution is 0.167. The Balaban J connectivity index is 1.90. The minimum atomic E-state index is 0.591. The molecule has 0 bridgehead atoms. The van der Waals surface area contributed by atoms with Gasteiger partial charge in [0.1, 0.15) is 0 Å². The smallest absolute Gasteiger partial charge is 0.177 e. The van der Waals surface area contributed by atoms with Gasteiger partial charge in [-0.05, 0) is 44.2 Å². The van der Waals surface area contributed by atoms with Gasteiger partial charge in [0.25, 0.3) is 0 Å². The molecule has 4 heteroatoms. The first-order chi connectivity index (χ1) is 9.75. The number of aromatic nitrogens is 2. The van der Waals surface area contributed by atoms with Crippen LogP contribution in [-0.4, -0.2) is 34.1 Å². The summed E-state index contributed by atoms with van der Waals surface area (Å²) < 4.78 is 3.07. The standard InChI is InChI=1S/C16H21N3S/c1-18-10-6-5-9-14(18)12-19-15(11-17-16(19)20)13-7-3-2-4-8-13/h2-4,7-8,11,14H,5-6,9-10,12H2,1H3,(H,17,20). The molecule has 0 amide bonds. The topological polar surface area (TPSA) is 24.0 Å². The molecule has 20 heavy (non-hydrogen) atoms. The van der Waals surface area contributed by atoms with Crippen LogP contribution in [0.5, 0.6) is 0 Å². The van der Waals surface area contributed by atoms with Crippen molar-refractivity contribution < 1.29 is 0 Å². The van der Waals surface area contributed by atoms with E-state index in [-0.39, 0.29) is 0 Å². The van der Waals surface area contributed by atoms with Gasteiger partial charge in [-0.15, -0.1) is 0 Å². The van der Waals surface area contributed by atoms with Crippen molar-refractivity contribution in [2.45, 2.75) is 31.8 Å². The summed E-state index contributed by atoms with van der Waals surface area (Å²) in [5.41, 5.74) is 2.41. The average molecular weight is 287 g/mol. The number of hydrogen-bond donors (Lipinski definition) is 1. The molecule has 0 saturated carbocycles. The zero-order valence-electron chi connectivity index (χ0n) is 11.9. The monoisotopic (exact) mass is 287 g/mol. The quantitative estimate of drug-likeness (QED) is 0.870. The summed E-state index contributed by atoms with van der Waals surface area (Å²) in [6.45, 7) is 2.17. The summed E-state index contributed by atoms with van der Waals surface area (Å²) >= 11 is 5.47. The Morgan fingerprint density at radius 2 is 2.05 bits per heavy atom. The second-order valence-electron chi connectivity index (χ2n) is 5.59. The van der Waals surface area contributed by atoms with Gasteiger partial charge in [0.05, 0.1) is 5.69 Å². The first-order valence-electron chi connectivity index (χ1n) is 7.29. The van der Waals surface area contributed by atoms with Gasteiger partial charge >= 0.3 is 0 Å². The molecule has 1 aliphatic heterocycles. The summed E-state index contributed by atoms with van der Waals surface area (Å²) in [6, 6.07) is 11.1. The van der Waals surface area contributed by atoms with Crippen LogP contribution in [0, 0.1) is 4.77 Å². The highest BCUT2D eigenvalue weighted by molar-refractivity contribution is 7.71. The highest BCUT2D eigenvalue weighted by Crippen LogP contribution is 2.23. The molecular weight excluding hydrogens is 266 g/mol. The molecule has 106 valence electrons. The van der Waals surface area contributed by atoms with E-state index in [0.717, 1.165) is 11.3 Å². The molecule has 2 heterocycles. The molecule has 0 spiro atoms. The third kappa shape index (κ3) is 2.72. The fourth-order valence-electron chi connectivity index (χ4n) is 3.01. The Bertz CT molecular complexity index is 614. The number of piperidine rings is 1. The third-order valence-corrected chi connectivity index (χ3v) is 4.59. The number of nitrogens with zero attached hydrogens (tertiary/aromatic N) is 2. The molecule has 3 rings (SSSR count). The number of likely N-dealkylation sites (tertiary alicyclic amines) is 1. The molecule has 1 aromatic heterocycles. The number of rotatable bonds is 3. The van der Waals surface area contributed by atoms with Crippen LogP contribution in [0.3, 0.4) is 0 Å². The second-order valence-corrected chi connectivity index (χ2v) is 5.97. The predicted octanol–water partition coefficient (Wildman–Crippen LogP) is 3.70. The maximum atomic E-state index is 5.47. The van der Waals surface area contributed by atoms with E-state index in [2.05, 4.69) is 45.8 Å². The Morgan fingerprint density at radius 3 is 2.80 bits per heavy atom. The van der Waals surface area contributed by atoms with E-state index < -0.39 is 0 Å². The van der Waals surface area contributed by atoms with Crippen molar-refractivity contribution in [3.63, 3.8) is 0 Å². The van der Waals surface area contributed by atoms with Gasteiger partial charge < -0.3 is 14.5 Å². The molecule has 1 atom stereocenters. The van der Waals surface area contributed by atoms with Crippen molar-refractivity contribution in [2.24, 2.45) is 0 Å². The molecule has 3 nitrogen and oxygen atoms in total. The Hall–Kier alpha value is -1.39. The predicted molar refractivity (Wildman–Crippen MR) is 85.3 cm³/mol. The molecule has 1 aliphatic rings. The lowest BCUT2D eigenvalue weighted by atomic mass is 10.0. The van der Waals surface area contributed by atoms with E-state index in [4.69, 9.17) is 12.2 Å². The number of benzene rings is 1. The van der Waals surface area contributed by atoms with Crippen LogP contribution < -0.4 is 0 Å². The first-order valence-corrected chi connectivity index (χ1v) is 7.70. The minimum absolute atomic E-state index is 0.591. The lowest BCUT2D eigenvalue weighted by Gasteiger charge is -2.33. The largest absolute Gasteiger partial charge is 0.337 e. The molecule has 1 fully saturated rings. The normalized spacial score (nSPS) is 20.1. The molecule has 0 radical (unpaired) electrons. The van der Waals surface area contributed by atoms with E-state index >= 15 is 0 Å². The van der Waals surface area contributed by atoms with Crippen molar-refractivity contribution in [1.29, 1.82) is 0 Å². The van der Waals surface area contributed by atoms with E-state index in [0.29, 0.717) is 6.04 Å². The van der Waals surface area contributed by atoms with Crippen LogP contribution in [0.1, 0.15) is 19.3 Å². The fraction of sp³-hybridized carbons (Fsp3) is 0.438. The minimum Gasteiger partial charge on any atom is -0.337 e. The first kappa shape index (κ1) is 13.6. The van der Waals surface area contributed by atoms with Crippen molar-refractivity contribution in [3.8, 4) is 11.3 Å². The highest BCUT2D eigenvalue weighted by Gasteiger charge is 2.20. The van der Waals surface area contributed by atoms with E-state index in [1.165, 1.54) is 37.1 Å². The Labute approximate surface area is 125 Å². The summed E-state index contributed by atoms with van der Waals surface area (Å²) in [4.78, 5) is 5.66. The van der Waals surface area contributed by atoms with Crippen LogP contribution in [0.4, 0.5) is 0 Å². The summed E-state index contributed by atoms with van der Waals surface area (Å²) in [7, 11) is 2.22. The van der Waals surface area contributed by atoms with Gasteiger partial charge in [-0.25, -0.2) is 0 Å². The molecule has 2 aromatic rings. The third-order valence-electron chi connectivity index (χ3n) is 4.25. The van der Waals surface area contributed by atoms with E-state index in [1.54, 1.807) is 0 Å². The zero-order valence-corrected chi connectivity index (χ0v) is 12.7. The maximum absolute atomic E-state index is 5.47. The van der Waals surface area contributed by atoms with Gasteiger partial charge in [-0.2, -0.15) is 0 Å². The van der Waals surface area contributed by atoms with E-state index in [1.807, 2.05) is 12.3 Å². The molecule has 0 aliphatic carbocycles. The van der Waals surface area contributed by atoms with Crippen molar-refractivity contribution in [1.82, 2.24) is 14.5 Å². The van der Waals surface area contributed by atoms with Crippen LogP contribution in [-0.2, 0) is 6.54 Å². The van der Waals surface area contributed by atoms with Crippen LogP contribution >= 0.6 is 12.2 Å². The molecule has 1 saturated heterocycles. The van der Waals surface area contributed by atoms with E-state index in [9.17, 15) is 0 Å². The Morgan fingerprint density at radius 1 is 1.25 bits per heavy atom. The average Bonchev–Trinajstić information content (AvgIpc) is 2.84. The number of likely N-dealkylation sites (N-methyl/N-ethyl adjacent to an activating group) is 1. The van der Waals surface area contributed by atoms with Crippen LogP contribution in [0.2, 0.25) is 0 Å². The summed E-state index contributed by atoms with van der Waals surface area (Å²) in [5, 5.41) is 0. The summed E-state index contributed by atoms with van der Waals surface area (Å²) in [6.07, 6.45) is 5.93. The number of aromatic amines is 1. The summed E-state index contributed by atoms with van der Waals surface area (Å²) in [5.74, 6) is 0. The van der Waals surface area contributed by atoms with Crippen molar-refractivity contribution in [2.75, 3.05) is 13.6 Å². The lowest BCUT2D eigenvalue weighted by Crippen LogP contribution is -2.39. The number of imidazole rings is 1. The molecular formula is C16H21N3S. The number of nitrogens with one attached hydrogen (secondary N) is 1. The fourth-order valence-corrected chi connectivity index (χ4v) is 3.24. The van der Waals surface area contributed by atoms with Gasteiger partial charge in [-0.3, -0.25) is 0 Å². The zero-order chi connectivity index (χ0) is 13.9. The van der Waals surface area contributed by atoms with Crippen LogP contribution in [0.15, 0.2) is 36.5 Å². The van der Waals surface area contributed by atoms with Gasteiger partial charge in [0, 0.05) is 18.8 Å². The maximum Gasteiger partial charge on any atom is 0.177 e. The van der Waals surface area contributed by atoms with Gasteiger partial charge in [0.2, 0.25) is 0 Å². The number of hydrogen-bond acceptors (Lipinski definition) is 2. The van der Waals surface area contributed by atoms with Crippen LogP contribution in [0.25, 0.3) is 11.3 Å². The molecule has 1 unspecified atom stereocenters. The van der Waals surface area contributed by atoms with Crippen molar-refractivity contribution >= 4 is 12.2 Å². The second kappa shape index (κ2) is 5.94. The van der Waals surface area contributed by atoms with Gasteiger partial charge in [0.15, 0.2) is 4.77 Å². The SMILES string of the molecule is CN1CCCCC1Cn1c(-c2ccccc2)c[nH]c1=S. The highest BCUT2D eigenvalue weighted by atomic mass is 32.1. The Kier molecular flexibility index (Phi) is 4.03. The molecule has 1 aromatic carbocycles. The molecule has 1 N–H and O–H groups in total. The van der Waals surface area contributed by atoms with Crippen molar-refractivity contribution in [3.05, 3.63) is 41.3 Å². The number of H-pyrrole nitrogens is 1. The van der Waals surface area contributed by atoms with Gasteiger partial charge in [-0.1, -0.05) is 36.8 Å².